The molecule has 3 aromatic rings. The third-order valence-electron chi connectivity index (χ3n) is 7.68. The van der Waals surface area contributed by atoms with Gasteiger partial charge in [0.05, 0.1) is 35.1 Å². The number of thiocarbonyl (C=S) groups is 1. The van der Waals surface area contributed by atoms with Crippen LogP contribution in [0.1, 0.15) is 23.1 Å². The average molecular weight is 734 g/mol. The summed E-state index contributed by atoms with van der Waals surface area (Å²) in [5, 5.41) is 11.3. The van der Waals surface area contributed by atoms with Crippen molar-refractivity contribution in [1.29, 1.82) is 0 Å². The van der Waals surface area contributed by atoms with Crippen molar-refractivity contribution < 1.29 is 42.1 Å². The minimum atomic E-state index is -4.60. The first-order valence-electron chi connectivity index (χ1n) is 15.2. The van der Waals surface area contributed by atoms with Crippen LogP contribution >= 0.6 is 35.6 Å². The molecular formula is C34H31ClF3N3O6S2. The summed E-state index contributed by atoms with van der Waals surface area (Å²) in [4.78, 5) is 41.0. The lowest BCUT2D eigenvalue weighted by molar-refractivity contribution is -0.138. The van der Waals surface area contributed by atoms with Gasteiger partial charge < -0.3 is 19.9 Å². The molecule has 0 aromatic heterocycles. The van der Waals surface area contributed by atoms with E-state index in [-0.39, 0.29) is 34.5 Å². The monoisotopic (exact) mass is 733 g/mol. The molecule has 49 heavy (non-hydrogen) atoms. The number of rotatable bonds is 12. The summed E-state index contributed by atoms with van der Waals surface area (Å²) < 4.78 is 51.7. The molecule has 5 rings (SSSR count). The zero-order valence-electron chi connectivity index (χ0n) is 25.9. The smallest absolute Gasteiger partial charge is 0.417 e. The Bertz CT molecular complexity index is 1780. The summed E-state index contributed by atoms with van der Waals surface area (Å²) in [5.41, 5.74) is 1.54. The number of carboxylic acid groups (broad SMARTS) is 1. The van der Waals surface area contributed by atoms with Gasteiger partial charge in [0.1, 0.15) is 16.7 Å². The fraction of sp³-hybridized carbons (Fsp3) is 0.294. The number of thioether (sulfide) groups is 1. The molecule has 2 fully saturated rings. The highest BCUT2D eigenvalue weighted by molar-refractivity contribution is 8.26. The van der Waals surface area contributed by atoms with Crippen LogP contribution in [-0.2, 0) is 31.7 Å². The predicted octanol–water partition coefficient (Wildman–Crippen LogP) is 6.59. The number of amides is 2. The van der Waals surface area contributed by atoms with Crippen molar-refractivity contribution in [3.05, 3.63) is 87.3 Å². The van der Waals surface area contributed by atoms with E-state index in [1.807, 2.05) is 0 Å². The van der Waals surface area contributed by atoms with Gasteiger partial charge in [-0.2, -0.15) is 13.2 Å². The van der Waals surface area contributed by atoms with Crippen LogP contribution in [0.15, 0.2) is 65.6 Å². The lowest BCUT2D eigenvalue weighted by Gasteiger charge is -2.26. The minimum absolute atomic E-state index is 0.00958. The largest absolute Gasteiger partial charge is 0.492 e. The van der Waals surface area contributed by atoms with E-state index in [1.165, 1.54) is 17.0 Å². The number of morpholine rings is 1. The number of carbonyl (C=O) groups is 3. The van der Waals surface area contributed by atoms with E-state index in [0.717, 1.165) is 30.9 Å². The zero-order valence-corrected chi connectivity index (χ0v) is 28.3. The Labute approximate surface area is 295 Å². The van der Waals surface area contributed by atoms with Crippen molar-refractivity contribution in [2.75, 3.05) is 51.3 Å². The number of carboxylic acids is 1. The molecule has 3 aromatic carbocycles. The number of alkyl halides is 3. The Kier molecular flexibility index (Phi) is 12.0. The number of hydrogen-bond donors (Lipinski definition) is 2. The van der Waals surface area contributed by atoms with Crippen LogP contribution in [0.4, 0.5) is 18.9 Å². The molecule has 2 saturated heterocycles. The van der Waals surface area contributed by atoms with Crippen molar-refractivity contribution in [1.82, 2.24) is 9.80 Å². The summed E-state index contributed by atoms with van der Waals surface area (Å²) >= 11 is 12.5. The van der Waals surface area contributed by atoms with Crippen LogP contribution < -0.4 is 10.1 Å². The maximum atomic E-state index is 13.5. The van der Waals surface area contributed by atoms with Crippen LogP contribution in [0, 0.1) is 0 Å². The number of anilines is 1. The van der Waals surface area contributed by atoms with Gasteiger partial charge >= 0.3 is 12.1 Å². The molecule has 9 nitrogen and oxygen atoms in total. The third-order valence-corrected chi connectivity index (χ3v) is 9.37. The number of carbonyl (C=O) groups excluding carboxylic acids is 2. The van der Waals surface area contributed by atoms with Gasteiger partial charge in [-0.25, -0.2) is 0 Å². The number of halogens is 4. The summed E-state index contributed by atoms with van der Waals surface area (Å²) in [7, 11) is 0. The van der Waals surface area contributed by atoms with Gasteiger partial charge in [0.25, 0.3) is 5.91 Å². The van der Waals surface area contributed by atoms with Crippen molar-refractivity contribution in [2.24, 2.45) is 0 Å². The molecule has 15 heteroatoms. The Morgan fingerprint density at radius 2 is 1.80 bits per heavy atom. The van der Waals surface area contributed by atoms with Crippen molar-refractivity contribution in [3.8, 4) is 16.9 Å². The second-order valence-corrected chi connectivity index (χ2v) is 13.2. The van der Waals surface area contributed by atoms with Gasteiger partial charge in [-0.15, -0.1) is 0 Å². The summed E-state index contributed by atoms with van der Waals surface area (Å²) in [5.74, 6) is -1.32. The van der Waals surface area contributed by atoms with Gasteiger partial charge in [0.15, 0.2) is 0 Å². The summed E-state index contributed by atoms with van der Waals surface area (Å²) in [6, 6.07) is 15.1. The molecule has 0 saturated carbocycles. The van der Waals surface area contributed by atoms with E-state index in [0.29, 0.717) is 60.1 Å². The van der Waals surface area contributed by atoms with E-state index in [9.17, 15) is 27.6 Å². The second-order valence-electron chi connectivity index (χ2n) is 11.1. The topological polar surface area (TPSA) is 108 Å². The van der Waals surface area contributed by atoms with Gasteiger partial charge in [-0.3, -0.25) is 24.2 Å². The van der Waals surface area contributed by atoms with Crippen LogP contribution in [0.25, 0.3) is 17.2 Å². The Hall–Kier alpha value is -3.95. The Morgan fingerprint density at radius 3 is 2.51 bits per heavy atom. The van der Waals surface area contributed by atoms with E-state index < -0.39 is 28.6 Å². The van der Waals surface area contributed by atoms with Gasteiger partial charge in [-0.1, -0.05) is 59.8 Å². The molecule has 2 aliphatic rings. The molecule has 258 valence electrons. The molecule has 0 unspecified atom stereocenters. The highest BCUT2D eigenvalue weighted by Crippen LogP contribution is 2.39. The standard InChI is InChI=1S/C34H31ClF3N3O6S2/c35-27-19-23(4-6-26(27)34(36,37)38)22-5-7-28(47-15-12-40-10-13-46-14-11-40)24(18-22)20-29-32(45)41(33(48)49-29)9-8-30(42)39-25-3-1-2-21(16-25)17-31(43)44/h1-7,16,18-20H,8-15,17H2,(H,39,42)(H,43,44). The molecular weight excluding hydrogens is 703 g/mol. The summed E-state index contributed by atoms with van der Waals surface area (Å²) in [6.07, 6.45) is -3.23. The number of aliphatic carboxylic acids is 1. The van der Waals surface area contributed by atoms with Crippen LogP contribution in [0.5, 0.6) is 5.75 Å². The average Bonchev–Trinajstić information content (AvgIpc) is 3.31. The first kappa shape index (κ1) is 36.3. The van der Waals surface area contributed by atoms with Crippen molar-refractivity contribution in [3.63, 3.8) is 0 Å². The van der Waals surface area contributed by atoms with E-state index in [2.05, 4.69) is 10.2 Å². The number of hydrogen-bond acceptors (Lipinski definition) is 8. The highest BCUT2D eigenvalue weighted by atomic mass is 35.5. The van der Waals surface area contributed by atoms with Crippen molar-refractivity contribution >= 4 is 69.4 Å². The fourth-order valence-corrected chi connectivity index (χ4v) is 6.80. The minimum Gasteiger partial charge on any atom is -0.492 e. The lowest BCUT2D eigenvalue weighted by atomic mass is 10.0. The molecule has 2 heterocycles. The molecule has 0 aliphatic carbocycles. The lowest BCUT2D eigenvalue weighted by Crippen LogP contribution is -2.38. The Balaban J connectivity index is 1.32. The van der Waals surface area contributed by atoms with Gasteiger partial charge in [0, 0.05) is 43.9 Å². The van der Waals surface area contributed by atoms with E-state index >= 15 is 0 Å². The molecule has 2 N–H and O–H groups in total. The number of ether oxygens (including phenoxy) is 2. The molecule has 0 radical (unpaired) electrons. The first-order chi connectivity index (χ1) is 23.4. The predicted molar refractivity (Wildman–Crippen MR) is 186 cm³/mol. The SMILES string of the molecule is O=C(O)Cc1cccc(NC(=O)CCN2C(=O)C(=Cc3cc(-c4ccc(C(F)(F)F)c(Cl)c4)ccc3OCCN3CCOCC3)SC2=S)c1. The van der Waals surface area contributed by atoms with Crippen LogP contribution in [-0.4, -0.2) is 83.0 Å². The van der Waals surface area contributed by atoms with E-state index in [1.54, 1.807) is 48.5 Å². The summed E-state index contributed by atoms with van der Waals surface area (Å²) in [6.45, 7) is 3.84. The number of nitrogens with zero attached hydrogens (tertiary/aromatic N) is 2. The highest BCUT2D eigenvalue weighted by Gasteiger charge is 2.34. The molecule has 0 atom stereocenters. The quantitative estimate of drug-likeness (QED) is 0.157. The molecule has 2 aliphatic heterocycles. The van der Waals surface area contributed by atoms with E-state index in [4.69, 9.17) is 38.4 Å². The third kappa shape index (κ3) is 9.82. The molecule has 0 spiro atoms. The zero-order chi connectivity index (χ0) is 35.1. The van der Waals surface area contributed by atoms with Crippen LogP contribution in [0.3, 0.4) is 0 Å². The molecule has 0 bridgehead atoms. The maximum absolute atomic E-state index is 13.5. The normalized spacial score (nSPS) is 16.3. The number of benzene rings is 3. The van der Waals surface area contributed by atoms with Gasteiger partial charge in [0.2, 0.25) is 5.91 Å². The van der Waals surface area contributed by atoms with Crippen molar-refractivity contribution in [2.45, 2.75) is 19.0 Å². The molecule has 2 amide bonds. The van der Waals surface area contributed by atoms with Crippen LogP contribution in [0.2, 0.25) is 5.02 Å². The maximum Gasteiger partial charge on any atom is 0.417 e. The second kappa shape index (κ2) is 16.2. The Morgan fingerprint density at radius 1 is 1.06 bits per heavy atom. The number of nitrogens with one attached hydrogen (secondary N) is 1. The van der Waals surface area contributed by atoms with Gasteiger partial charge in [-0.05, 0) is 59.2 Å². The first-order valence-corrected chi connectivity index (χ1v) is 16.8. The fourth-order valence-electron chi connectivity index (χ4n) is 5.21.